The molecular formula is C20H34O3. The molecule has 1 atom stereocenters. The minimum absolute atomic E-state index is 0.190. The van der Waals surface area contributed by atoms with Crippen LogP contribution in [0.4, 0.5) is 0 Å². The molecule has 0 bridgehead atoms. The Morgan fingerprint density at radius 2 is 1.39 bits per heavy atom. The molecule has 0 saturated carbocycles. The fourth-order valence-electron chi connectivity index (χ4n) is 3.15. The molecule has 0 aliphatic carbocycles. The molecule has 0 N–H and O–H groups in total. The van der Waals surface area contributed by atoms with Gasteiger partial charge in [-0.05, 0) is 12.8 Å². The lowest BCUT2D eigenvalue weighted by molar-refractivity contribution is -0.152. The summed E-state index contributed by atoms with van der Waals surface area (Å²) in [7, 11) is 0. The van der Waals surface area contributed by atoms with Gasteiger partial charge in [-0.3, -0.25) is 9.59 Å². The van der Waals surface area contributed by atoms with Gasteiger partial charge in [0.05, 0.1) is 12.3 Å². The van der Waals surface area contributed by atoms with E-state index in [2.05, 4.69) is 18.2 Å². The zero-order chi connectivity index (χ0) is 16.9. The summed E-state index contributed by atoms with van der Waals surface area (Å²) in [6.45, 7) is 6.22. The van der Waals surface area contributed by atoms with Crippen LogP contribution >= 0.6 is 0 Å². The van der Waals surface area contributed by atoms with Crippen LogP contribution in [0.2, 0.25) is 0 Å². The minimum Gasteiger partial charge on any atom is -0.393 e. The van der Waals surface area contributed by atoms with E-state index >= 15 is 0 Å². The van der Waals surface area contributed by atoms with Gasteiger partial charge < -0.3 is 4.74 Å². The Morgan fingerprint density at radius 1 is 0.913 bits per heavy atom. The molecule has 23 heavy (non-hydrogen) atoms. The normalized spacial score (nSPS) is 17.5. The standard InChI is InChI=1S/C20H34O3/c1-3-4-5-6-7-8-9-10-11-12-13-14-15-17(2)18-16-19(21)23-20(18)22/h18H,2-16H2,1H3. The summed E-state index contributed by atoms with van der Waals surface area (Å²) in [6.07, 6.45) is 16.9. The average molecular weight is 322 g/mol. The summed E-state index contributed by atoms with van der Waals surface area (Å²) in [6, 6.07) is 0. The van der Waals surface area contributed by atoms with Crippen LogP contribution in [0.15, 0.2) is 12.2 Å². The molecule has 1 unspecified atom stereocenters. The van der Waals surface area contributed by atoms with Crippen LogP contribution in [0.25, 0.3) is 0 Å². The van der Waals surface area contributed by atoms with E-state index in [0.717, 1.165) is 18.4 Å². The van der Waals surface area contributed by atoms with Crippen LogP contribution in [-0.4, -0.2) is 11.9 Å². The molecule has 132 valence electrons. The number of ether oxygens (including phenoxy) is 1. The van der Waals surface area contributed by atoms with Crippen LogP contribution in [-0.2, 0) is 14.3 Å². The van der Waals surface area contributed by atoms with Crippen molar-refractivity contribution in [3.63, 3.8) is 0 Å². The molecule has 0 aromatic rings. The van der Waals surface area contributed by atoms with Gasteiger partial charge in [0.1, 0.15) is 0 Å². The van der Waals surface area contributed by atoms with Gasteiger partial charge in [0, 0.05) is 0 Å². The van der Waals surface area contributed by atoms with Crippen molar-refractivity contribution in [1.29, 1.82) is 0 Å². The Kier molecular flexibility index (Phi) is 10.7. The van der Waals surface area contributed by atoms with Gasteiger partial charge in [-0.25, -0.2) is 0 Å². The third kappa shape index (κ3) is 8.92. The molecule has 3 heteroatoms. The van der Waals surface area contributed by atoms with E-state index in [9.17, 15) is 9.59 Å². The van der Waals surface area contributed by atoms with Crippen molar-refractivity contribution in [2.24, 2.45) is 5.92 Å². The van der Waals surface area contributed by atoms with E-state index in [1.807, 2.05) is 0 Å². The predicted molar refractivity (Wildman–Crippen MR) is 94.0 cm³/mol. The van der Waals surface area contributed by atoms with Crippen LogP contribution in [0, 0.1) is 5.92 Å². The van der Waals surface area contributed by atoms with Gasteiger partial charge in [0.25, 0.3) is 0 Å². The second-order valence-electron chi connectivity index (χ2n) is 6.85. The molecule has 0 aromatic heterocycles. The number of hydrogen-bond donors (Lipinski definition) is 0. The van der Waals surface area contributed by atoms with Gasteiger partial charge in [-0.15, -0.1) is 0 Å². The van der Waals surface area contributed by atoms with Crippen molar-refractivity contribution in [2.75, 3.05) is 0 Å². The summed E-state index contributed by atoms with van der Waals surface area (Å²) >= 11 is 0. The van der Waals surface area contributed by atoms with Gasteiger partial charge in [0.2, 0.25) is 0 Å². The highest BCUT2D eigenvalue weighted by atomic mass is 16.6. The molecular weight excluding hydrogens is 288 g/mol. The Labute approximate surface area is 141 Å². The maximum absolute atomic E-state index is 11.4. The SMILES string of the molecule is C=C(CCCCCCCCCCCCCC)C1CC(=O)OC1=O. The number of rotatable bonds is 14. The molecule has 1 aliphatic rings. The van der Waals surface area contributed by atoms with E-state index in [-0.39, 0.29) is 12.3 Å². The van der Waals surface area contributed by atoms with Crippen molar-refractivity contribution in [1.82, 2.24) is 0 Å². The fraction of sp³-hybridized carbons (Fsp3) is 0.800. The number of hydrogen-bond acceptors (Lipinski definition) is 3. The van der Waals surface area contributed by atoms with Gasteiger partial charge in [-0.2, -0.15) is 0 Å². The molecule has 3 nitrogen and oxygen atoms in total. The first-order chi connectivity index (χ1) is 11.1. The highest BCUT2D eigenvalue weighted by molar-refractivity contribution is 5.96. The number of esters is 2. The van der Waals surface area contributed by atoms with Gasteiger partial charge in [-0.1, -0.05) is 89.7 Å². The molecule has 1 heterocycles. The molecule has 1 saturated heterocycles. The summed E-state index contributed by atoms with van der Waals surface area (Å²) in [5, 5.41) is 0. The van der Waals surface area contributed by atoms with E-state index in [4.69, 9.17) is 0 Å². The van der Waals surface area contributed by atoms with Crippen molar-refractivity contribution in [2.45, 2.75) is 96.8 Å². The molecule has 1 fully saturated rings. The second-order valence-corrected chi connectivity index (χ2v) is 6.85. The highest BCUT2D eigenvalue weighted by Gasteiger charge is 2.34. The van der Waals surface area contributed by atoms with Crippen molar-refractivity contribution in [3.8, 4) is 0 Å². The average Bonchev–Trinajstić information content (AvgIpc) is 2.87. The maximum Gasteiger partial charge on any atom is 0.321 e. The maximum atomic E-state index is 11.4. The largest absolute Gasteiger partial charge is 0.393 e. The Bertz CT molecular complexity index is 373. The first-order valence-electron chi connectivity index (χ1n) is 9.57. The molecule has 0 amide bonds. The lowest BCUT2D eigenvalue weighted by Gasteiger charge is -2.08. The first kappa shape index (κ1) is 19.9. The first-order valence-corrected chi connectivity index (χ1v) is 9.57. The third-order valence-electron chi connectivity index (χ3n) is 4.71. The van der Waals surface area contributed by atoms with E-state index in [1.165, 1.54) is 70.6 Å². The fourth-order valence-corrected chi connectivity index (χ4v) is 3.15. The quantitative estimate of drug-likeness (QED) is 0.178. The summed E-state index contributed by atoms with van der Waals surface area (Å²) in [5.74, 6) is -1.19. The summed E-state index contributed by atoms with van der Waals surface area (Å²) in [4.78, 5) is 22.5. The zero-order valence-electron chi connectivity index (χ0n) is 14.9. The molecule has 0 aromatic carbocycles. The minimum atomic E-state index is -0.407. The second kappa shape index (κ2) is 12.3. The van der Waals surface area contributed by atoms with Crippen LogP contribution in [0.3, 0.4) is 0 Å². The Balaban J connectivity index is 1.87. The number of carbonyl (C=O) groups excluding carboxylic acids is 2. The Morgan fingerprint density at radius 3 is 1.83 bits per heavy atom. The monoisotopic (exact) mass is 322 g/mol. The lowest BCUT2D eigenvalue weighted by Crippen LogP contribution is -2.09. The number of unbranched alkanes of at least 4 members (excludes halogenated alkanes) is 11. The third-order valence-corrected chi connectivity index (χ3v) is 4.71. The van der Waals surface area contributed by atoms with Crippen LogP contribution < -0.4 is 0 Å². The predicted octanol–water partition coefficient (Wildman–Crippen LogP) is 5.72. The number of carbonyl (C=O) groups is 2. The smallest absolute Gasteiger partial charge is 0.321 e. The zero-order valence-corrected chi connectivity index (χ0v) is 14.9. The van der Waals surface area contributed by atoms with Crippen molar-refractivity contribution < 1.29 is 14.3 Å². The van der Waals surface area contributed by atoms with E-state index in [0.29, 0.717) is 0 Å². The van der Waals surface area contributed by atoms with Crippen molar-refractivity contribution >= 4 is 11.9 Å². The van der Waals surface area contributed by atoms with Crippen LogP contribution in [0.1, 0.15) is 96.8 Å². The number of cyclic esters (lactones) is 2. The van der Waals surface area contributed by atoms with E-state index < -0.39 is 11.9 Å². The summed E-state index contributed by atoms with van der Waals surface area (Å²) in [5.41, 5.74) is 0.868. The highest BCUT2D eigenvalue weighted by Crippen LogP contribution is 2.26. The summed E-state index contributed by atoms with van der Waals surface area (Å²) < 4.78 is 4.57. The molecule has 0 spiro atoms. The topological polar surface area (TPSA) is 43.4 Å². The van der Waals surface area contributed by atoms with E-state index in [1.54, 1.807) is 0 Å². The van der Waals surface area contributed by atoms with Crippen molar-refractivity contribution in [3.05, 3.63) is 12.2 Å². The van der Waals surface area contributed by atoms with Gasteiger partial charge in [0.15, 0.2) is 0 Å². The lowest BCUT2D eigenvalue weighted by atomic mass is 9.94. The molecule has 1 rings (SSSR count). The Hall–Kier alpha value is -1.12. The van der Waals surface area contributed by atoms with Gasteiger partial charge >= 0.3 is 11.9 Å². The molecule has 0 radical (unpaired) electrons. The van der Waals surface area contributed by atoms with Crippen LogP contribution in [0.5, 0.6) is 0 Å². The molecule has 1 aliphatic heterocycles.